The molecule has 1 aromatic heterocycles. The van der Waals surface area contributed by atoms with Crippen molar-refractivity contribution < 1.29 is 34.4 Å². The maximum Gasteiger partial charge on any atom is 0.412 e. The predicted molar refractivity (Wildman–Crippen MR) is 228 cm³/mol. The van der Waals surface area contributed by atoms with Crippen molar-refractivity contribution in [3.63, 3.8) is 0 Å². The van der Waals surface area contributed by atoms with E-state index in [-0.39, 0.29) is 46.7 Å². The molecule has 2 bridgehead atoms. The van der Waals surface area contributed by atoms with Crippen molar-refractivity contribution in [1.29, 1.82) is 0 Å². The lowest BCUT2D eigenvalue weighted by molar-refractivity contribution is -0.132. The standard InChI is InChI=1S/C45H50ClN5O8/c1-49(19-6-7-29-10-11-32(30-8-4-3-5-9-30)36(23-29)51(44(56)57)45-16-20-50(21-17-45)22-18-45)42(55)28-59-40-25-39(58-2)31(24-35(40)46)26-47-27-38(53)33-12-14-37(52)43-34(33)13-15-41(54)48-43/h3-5,8-15,23-25,38,47,52-53H,6-7,16-22,26-28H2,1-2H3,(H,48,54)(H,56,57)/t38-/m0/s1. The summed E-state index contributed by atoms with van der Waals surface area (Å²) >= 11 is 6.60. The van der Waals surface area contributed by atoms with Crippen molar-refractivity contribution in [2.75, 3.05) is 58.4 Å². The van der Waals surface area contributed by atoms with Gasteiger partial charge in [0.25, 0.3) is 5.91 Å². The summed E-state index contributed by atoms with van der Waals surface area (Å²) in [6.45, 7) is 3.37. The number of nitrogens with zero attached hydrogens (tertiary/aromatic N) is 3. The molecular weight excluding hydrogens is 774 g/mol. The number of phenolic OH excluding ortho intramolecular Hbond substituents is 1. The van der Waals surface area contributed by atoms with Gasteiger partial charge in [-0.15, -0.1) is 0 Å². The molecule has 59 heavy (non-hydrogen) atoms. The highest BCUT2D eigenvalue weighted by Gasteiger charge is 2.47. The maximum absolute atomic E-state index is 13.2. The molecule has 5 N–H and O–H groups in total. The summed E-state index contributed by atoms with van der Waals surface area (Å²) in [6, 6.07) is 25.3. The van der Waals surface area contributed by atoms with Gasteiger partial charge >= 0.3 is 6.09 Å². The molecule has 8 rings (SSSR count). The van der Waals surface area contributed by atoms with Crippen LogP contribution in [0.5, 0.6) is 17.2 Å². The summed E-state index contributed by atoms with van der Waals surface area (Å²) in [7, 11) is 3.24. The number of piperidine rings is 3. The Balaban J connectivity index is 0.946. The van der Waals surface area contributed by atoms with Crippen LogP contribution >= 0.6 is 11.6 Å². The summed E-state index contributed by atoms with van der Waals surface area (Å²) < 4.78 is 11.5. The zero-order valence-corrected chi connectivity index (χ0v) is 34.0. The smallest absolute Gasteiger partial charge is 0.412 e. The molecular formula is C45H50ClN5O8. The third-order valence-electron chi connectivity index (χ3n) is 11.7. The normalized spacial score (nSPS) is 17.7. The number of amides is 2. The highest BCUT2D eigenvalue weighted by Crippen LogP contribution is 2.44. The lowest BCUT2D eigenvalue weighted by atomic mass is 9.78. The van der Waals surface area contributed by atoms with Crippen molar-refractivity contribution in [1.82, 2.24) is 20.1 Å². The molecule has 5 aromatic rings. The molecule has 3 fully saturated rings. The third-order valence-corrected chi connectivity index (χ3v) is 12.0. The average Bonchev–Trinajstić information content (AvgIpc) is 3.24. The Morgan fingerprint density at radius 2 is 1.73 bits per heavy atom. The number of hydrogen-bond donors (Lipinski definition) is 5. The molecule has 13 nitrogen and oxygen atoms in total. The minimum atomic E-state index is -0.948. The van der Waals surface area contributed by atoms with Crippen LogP contribution in [0.4, 0.5) is 10.5 Å². The molecule has 2 amide bonds. The first kappa shape index (κ1) is 41.6. The Morgan fingerprint density at radius 3 is 2.44 bits per heavy atom. The number of halogens is 1. The highest BCUT2D eigenvalue weighted by atomic mass is 35.5. The van der Waals surface area contributed by atoms with Crippen molar-refractivity contribution >= 4 is 40.2 Å². The van der Waals surface area contributed by atoms with Gasteiger partial charge in [0.2, 0.25) is 5.56 Å². The van der Waals surface area contributed by atoms with E-state index in [0.717, 1.165) is 55.6 Å². The number of hydrogen-bond acceptors (Lipinski definition) is 9. The molecule has 0 saturated carbocycles. The number of aromatic amines is 1. The number of aliphatic hydroxyl groups is 1. The van der Waals surface area contributed by atoms with Crippen molar-refractivity contribution in [3.8, 4) is 28.4 Å². The van der Waals surface area contributed by atoms with Gasteiger partial charge in [-0.2, -0.15) is 0 Å². The number of methoxy groups -OCH3 is 1. The van der Waals surface area contributed by atoms with E-state index < -0.39 is 17.7 Å². The summed E-state index contributed by atoms with van der Waals surface area (Å²) in [6.07, 6.45) is 1.86. The summed E-state index contributed by atoms with van der Waals surface area (Å²) in [5.41, 5.74) is 4.28. The van der Waals surface area contributed by atoms with Gasteiger partial charge in [0.05, 0.1) is 35.0 Å². The van der Waals surface area contributed by atoms with Crippen molar-refractivity contribution in [3.05, 3.63) is 117 Å². The molecule has 4 aromatic carbocycles. The van der Waals surface area contributed by atoms with E-state index in [1.54, 1.807) is 41.1 Å². The Morgan fingerprint density at radius 1 is 0.983 bits per heavy atom. The number of aryl methyl sites for hydroxylation is 1. The molecule has 14 heteroatoms. The molecule has 0 aliphatic carbocycles. The first-order valence-corrected chi connectivity index (χ1v) is 20.2. The van der Waals surface area contributed by atoms with Gasteiger partial charge < -0.3 is 44.9 Å². The summed E-state index contributed by atoms with van der Waals surface area (Å²) in [4.78, 5) is 46.3. The van der Waals surface area contributed by atoms with Crippen molar-refractivity contribution in [2.45, 2.75) is 50.3 Å². The Kier molecular flexibility index (Phi) is 12.8. The summed E-state index contributed by atoms with van der Waals surface area (Å²) in [5.74, 6) is 0.451. The molecule has 0 spiro atoms. The van der Waals surface area contributed by atoms with E-state index in [9.17, 15) is 29.7 Å². The van der Waals surface area contributed by atoms with Gasteiger partial charge in [-0.3, -0.25) is 14.5 Å². The van der Waals surface area contributed by atoms with E-state index in [1.165, 1.54) is 19.2 Å². The number of nitrogens with one attached hydrogen (secondary N) is 2. The van der Waals surface area contributed by atoms with Gasteiger partial charge in [-0.05, 0) is 73.1 Å². The zero-order chi connectivity index (χ0) is 41.7. The number of phenols is 1. The topological polar surface area (TPSA) is 168 Å². The second kappa shape index (κ2) is 18.1. The molecule has 3 saturated heterocycles. The number of aromatic nitrogens is 1. The molecule has 1 atom stereocenters. The third kappa shape index (κ3) is 9.18. The van der Waals surface area contributed by atoms with E-state index in [2.05, 4.69) is 21.3 Å². The van der Waals surface area contributed by atoms with Crippen LogP contribution in [0.3, 0.4) is 0 Å². The number of H-pyrrole nitrogens is 1. The second-order valence-electron chi connectivity index (χ2n) is 15.4. The maximum atomic E-state index is 13.2. The van der Waals surface area contributed by atoms with Crippen LogP contribution in [-0.2, 0) is 17.8 Å². The Bertz CT molecular complexity index is 2350. The van der Waals surface area contributed by atoms with Crippen LogP contribution < -0.4 is 25.2 Å². The first-order chi connectivity index (χ1) is 28.5. The quantitative estimate of drug-likeness (QED) is 0.0734. The van der Waals surface area contributed by atoms with Crippen molar-refractivity contribution in [2.24, 2.45) is 0 Å². The van der Waals surface area contributed by atoms with E-state index in [0.29, 0.717) is 53.9 Å². The minimum Gasteiger partial charge on any atom is -0.506 e. The fourth-order valence-corrected chi connectivity index (χ4v) is 8.64. The van der Waals surface area contributed by atoms with Gasteiger partial charge in [0.1, 0.15) is 17.2 Å². The van der Waals surface area contributed by atoms with Crippen LogP contribution in [0, 0.1) is 0 Å². The fraction of sp³-hybridized carbons (Fsp3) is 0.356. The number of ether oxygens (including phenoxy) is 2. The fourth-order valence-electron chi connectivity index (χ4n) is 8.40. The van der Waals surface area contributed by atoms with Crippen LogP contribution in [0.15, 0.2) is 89.7 Å². The number of carbonyl (C=O) groups excluding carboxylic acids is 1. The highest BCUT2D eigenvalue weighted by molar-refractivity contribution is 6.32. The molecule has 0 unspecified atom stereocenters. The van der Waals surface area contributed by atoms with Gasteiger partial charge in [-0.25, -0.2) is 4.79 Å². The first-order valence-electron chi connectivity index (χ1n) is 19.9. The molecule has 4 heterocycles. The second-order valence-corrected chi connectivity index (χ2v) is 15.8. The lowest BCUT2D eigenvalue weighted by Crippen LogP contribution is -2.62. The number of pyridine rings is 1. The lowest BCUT2D eigenvalue weighted by Gasteiger charge is -2.53. The Labute approximate surface area is 347 Å². The van der Waals surface area contributed by atoms with Crippen LogP contribution in [0.2, 0.25) is 5.02 Å². The number of likely N-dealkylation sites (N-methyl/N-ethyl adjacent to an activating group) is 1. The van der Waals surface area contributed by atoms with E-state index in [1.807, 2.05) is 42.5 Å². The number of carboxylic acid groups (broad SMARTS) is 1. The minimum absolute atomic E-state index is 0.0852. The van der Waals surface area contributed by atoms with Gasteiger partial charge in [0, 0.05) is 75.0 Å². The van der Waals surface area contributed by atoms with Crippen LogP contribution in [0.25, 0.3) is 22.0 Å². The number of anilines is 1. The molecule has 3 aliphatic heterocycles. The number of fused-ring (bicyclic) bond motifs is 4. The SMILES string of the molecule is COc1cc(OCC(=O)N(C)CCCc2ccc(-c3ccccc3)c(N(C(=O)O)C34CCN(CC3)CC4)c2)c(Cl)cc1CNC[C@H](O)c1ccc(O)c2[nH]c(=O)ccc12. The number of aromatic hydroxyl groups is 1. The molecule has 3 aliphatic rings. The summed E-state index contributed by atoms with van der Waals surface area (Å²) in [5, 5.41) is 35.8. The predicted octanol–water partition coefficient (Wildman–Crippen LogP) is 6.58. The monoisotopic (exact) mass is 823 g/mol. The zero-order valence-electron chi connectivity index (χ0n) is 33.2. The van der Waals surface area contributed by atoms with Crippen LogP contribution in [-0.4, -0.2) is 101 Å². The van der Waals surface area contributed by atoms with Gasteiger partial charge in [-0.1, -0.05) is 60.1 Å². The number of aliphatic hydroxyl groups excluding tert-OH is 1. The molecule has 310 valence electrons. The van der Waals surface area contributed by atoms with E-state index in [4.69, 9.17) is 21.1 Å². The average molecular weight is 824 g/mol. The van der Waals surface area contributed by atoms with Gasteiger partial charge in [0.15, 0.2) is 6.61 Å². The van der Waals surface area contributed by atoms with Crippen LogP contribution in [0.1, 0.15) is 48.5 Å². The van der Waals surface area contributed by atoms with E-state index >= 15 is 0 Å². The number of carbonyl (C=O) groups is 2. The number of rotatable bonds is 16. The molecule has 0 radical (unpaired) electrons. The largest absolute Gasteiger partial charge is 0.506 e. The Hall–Kier alpha value is -5.60. The number of benzene rings is 4.